The summed E-state index contributed by atoms with van der Waals surface area (Å²) in [5.74, 6) is 2.78. The Morgan fingerprint density at radius 3 is 2.63 bits per heavy atom. The summed E-state index contributed by atoms with van der Waals surface area (Å²) in [4.78, 5) is 9.38. The van der Waals surface area contributed by atoms with Crippen molar-refractivity contribution in [1.82, 2.24) is 24.1 Å². The molecule has 0 unspecified atom stereocenters. The molecule has 0 saturated heterocycles. The van der Waals surface area contributed by atoms with Gasteiger partial charge >= 0.3 is 0 Å². The van der Waals surface area contributed by atoms with Gasteiger partial charge in [0.25, 0.3) is 0 Å². The first kappa shape index (κ1) is 18.2. The number of furan rings is 1. The molecule has 0 aliphatic carbocycles. The Balaban J connectivity index is 1.52. The van der Waals surface area contributed by atoms with Crippen molar-refractivity contribution < 1.29 is 13.9 Å². The van der Waals surface area contributed by atoms with Crippen LogP contribution in [0.25, 0.3) is 16.7 Å². The fraction of sp³-hybridized carbons (Fsp3) is 0.227. The number of aromatic nitrogens is 5. The van der Waals surface area contributed by atoms with E-state index in [1.807, 2.05) is 36.4 Å². The molecule has 0 fully saturated rings. The van der Waals surface area contributed by atoms with E-state index >= 15 is 0 Å². The molecule has 8 heteroatoms. The third-order valence-corrected chi connectivity index (χ3v) is 5.31. The number of para-hydroxylation sites is 2. The van der Waals surface area contributed by atoms with Gasteiger partial charge in [0.2, 0.25) is 0 Å². The number of nitrogens with zero attached hydrogens (tertiary/aromatic N) is 5. The van der Waals surface area contributed by atoms with Gasteiger partial charge in [0.05, 0.1) is 25.3 Å². The summed E-state index contributed by atoms with van der Waals surface area (Å²) in [6.07, 6.45) is 3.37. The smallest absolute Gasteiger partial charge is 0.189 e. The average molecular weight is 403 g/mol. The van der Waals surface area contributed by atoms with Gasteiger partial charge in [0.15, 0.2) is 23.0 Å². The molecule has 0 bridgehead atoms. The molecule has 0 radical (unpaired) electrons. The zero-order chi connectivity index (χ0) is 20.7. The third-order valence-electron chi connectivity index (χ3n) is 5.31. The SMILES string of the molecule is COc1ccccc1OCc1nc2c3c(C)c(C)n(Cc4ccco4)c3ncn2n1. The summed E-state index contributed by atoms with van der Waals surface area (Å²) in [7, 11) is 1.62. The average Bonchev–Trinajstić information content (AvgIpc) is 3.48. The van der Waals surface area contributed by atoms with Crippen LogP contribution in [-0.4, -0.2) is 31.3 Å². The van der Waals surface area contributed by atoms with Crippen molar-refractivity contribution in [1.29, 1.82) is 0 Å². The molecule has 152 valence electrons. The van der Waals surface area contributed by atoms with Gasteiger partial charge in [0.1, 0.15) is 24.3 Å². The van der Waals surface area contributed by atoms with Gasteiger partial charge in [-0.25, -0.2) is 14.5 Å². The highest BCUT2D eigenvalue weighted by Crippen LogP contribution is 2.29. The van der Waals surface area contributed by atoms with Crippen LogP contribution >= 0.6 is 0 Å². The molecule has 0 N–H and O–H groups in total. The Kier molecular flexibility index (Phi) is 4.39. The number of methoxy groups -OCH3 is 1. The third kappa shape index (κ3) is 2.97. The van der Waals surface area contributed by atoms with Crippen LogP contribution in [0.15, 0.2) is 53.4 Å². The lowest BCUT2D eigenvalue weighted by molar-refractivity contribution is 0.276. The van der Waals surface area contributed by atoms with Crippen molar-refractivity contribution in [2.24, 2.45) is 0 Å². The first-order valence-corrected chi connectivity index (χ1v) is 9.63. The summed E-state index contributed by atoms with van der Waals surface area (Å²) in [6.45, 7) is 5.01. The van der Waals surface area contributed by atoms with Gasteiger partial charge < -0.3 is 18.5 Å². The molecule has 1 aromatic carbocycles. The van der Waals surface area contributed by atoms with E-state index in [9.17, 15) is 0 Å². The Morgan fingerprint density at radius 1 is 1.03 bits per heavy atom. The normalized spacial score (nSPS) is 11.4. The molecule has 0 spiro atoms. The topological polar surface area (TPSA) is 79.6 Å². The number of benzene rings is 1. The molecule has 4 heterocycles. The van der Waals surface area contributed by atoms with Crippen molar-refractivity contribution in [3.8, 4) is 11.5 Å². The number of aryl methyl sites for hydroxylation is 1. The van der Waals surface area contributed by atoms with Crippen molar-refractivity contribution in [3.63, 3.8) is 0 Å². The lowest BCUT2D eigenvalue weighted by Gasteiger charge is -2.08. The van der Waals surface area contributed by atoms with Crippen LogP contribution in [0.5, 0.6) is 11.5 Å². The zero-order valence-corrected chi connectivity index (χ0v) is 17.0. The minimum atomic E-state index is 0.231. The Bertz CT molecular complexity index is 1330. The van der Waals surface area contributed by atoms with Gasteiger partial charge in [-0.3, -0.25) is 0 Å². The standard InChI is InChI=1S/C22H21N5O3/c1-14-15(2)26(11-16-7-6-10-29-16)21-20(14)22-24-19(25-27(22)13-23-21)12-30-18-9-5-4-8-17(18)28-3/h4-10,13H,11-12H2,1-3H3. The molecule has 0 amide bonds. The maximum Gasteiger partial charge on any atom is 0.189 e. The predicted octanol–water partition coefficient (Wildman–Crippen LogP) is 3.92. The number of fused-ring (bicyclic) bond motifs is 3. The molecule has 4 aromatic heterocycles. The van der Waals surface area contributed by atoms with Crippen LogP contribution < -0.4 is 9.47 Å². The van der Waals surface area contributed by atoms with Crippen LogP contribution in [0.4, 0.5) is 0 Å². The highest BCUT2D eigenvalue weighted by Gasteiger charge is 2.19. The maximum atomic E-state index is 5.88. The highest BCUT2D eigenvalue weighted by molar-refractivity contribution is 5.93. The van der Waals surface area contributed by atoms with Crippen LogP contribution in [0.1, 0.15) is 22.8 Å². The summed E-state index contributed by atoms with van der Waals surface area (Å²) < 4.78 is 20.6. The molecular weight excluding hydrogens is 382 g/mol. The van der Waals surface area contributed by atoms with E-state index in [-0.39, 0.29) is 6.61 Å². The van der Waals surface area contributed by atoms with E-state index in [1.165, 1.54) is 0 Å². The monoisotopic (exact) mass is 403 g/mol. The molecule has 5 aromatic rings. The minimum Gasteiger partial charge on any atom is -0.493 e. The molecule has 30 heavy (non-hydrogen) atoms. The second-order valence-electron chi connectivity index (χ2n) is 7.05. The predicted molar refractivity (Wildman–Crippen MR) is 111 cm³/mol. The Hall–Kier alpha value is -3.81. The highest BCUT2D eigenvalue weighted by atomic mass is 16.5. The molecular formula is C22H21N5O3. The second-order valence-corrected chi connectivity index (χ2v) is 7.05. The van der Waals surface area contributed by atoms with Gasteiger partial charge in [0, 0.05) is 5.69 Å². The summed E-state index contributed by atoms with van der Waals surface area (Å²) in [5.41, 5.74) is 3.87. The number of ether oxygens (including phenoxy) is 2. The van der Waals surface area contributed by atoms with Crippen LogP contribution in [0, 0.1) is 13.8 Å². The molecule has 5 rings (SSSR count). The van der Waals surface area contributed by atoms with E-state index in [2.05, 4.69) is 28.5 Å². The maximum absolute atomic E-state index is 5.88. The Morgan fingerprint density at radius 2 is 1.87 bits per heavy atom. The van der Waals surface area contributed by atoms with Gasteiger partial charge in [-0.1, -0.05) is 12.1 Å². The van der Waals surface area contributed by atoms with Crippen molar-refractivity contribution in [3.05, 3.63) is 71.8 Å². The molecule has 0 aliphatic heterocycles. The molecule has 0 atom stereocenters. The largest absolute Gasteiger partial charge is 0.493 e. The summed E-state index contributed by atoms with van der Waals surface area (Å²) in [5, 5.41) is 5.52. The van der Waals surface area contributed by atoms with Crippen LogP contribution in [0.2, 0.25) is 0 Å². The van der Waals surface area contributed by atoms with Crippen molar-refractivity contribution in [2.45, 2.75) is 27.0 Å². The summed E-state index contributed by atoms with van der Waals surface area (Å²) >= 11 is 0. The van der Waals surface area contributed by atoms with Crippen LogP contribution in [0.3, 0.4) is 0 Å². The molecule has 0 aliphatic rings. The number of rotatable bonds is 6. The van der Waals surface area contributed by atoms with Crippen molar-refractivity contribution >= 4 is 16.7 Å². The van der Waals surface area contributed by atoms with Gasteiger partial charge in [-0.05, 0) is 43.7 Å². The fourth-order valence-electron chi connectivity index (χ4n) is 3.67. The first-order valence-electron chi connectivity index (χ1n) is 9.63. The molecule has 0 saturated carbocycles. The van der Waals surface area contributed by atoms with E-state index in [0.29, 0.717) is 23.9 Å². The van der Waals surface area contributed by atoms with Crippen LogP contribution in [-0.2, 0) is 13.2 Å². The second kappa shape index (κ2) is 7.22. The lowest BCUT2D eigenvalue weighted by Crippen LogP contribution is -2.02. The van der Waals surface area contributed by atoms with E-state index in [4.69, 9.17) is 18.9 Å². The number of hydrogen-bond acceptors (Lipinski definition) is 6. The Labute approximate surface area is 172 Å². The van der Waals surface area contributed by atoms with E-state index in [1.54, 1.807) is 24.2 Å². The minimum absolute atomic E-state index is 0.231. The van der Waals surface area contributed by atoms with Gasteiger partial charge in [-0.15, -0.1) is 5.10 Å². The van der Waals surface area contributed by atoms with Crippen molar-refractivity contribution in [2.75, 3.05) is 7.11 Å². The lowest BCUT2D eigenvalue weighted by atomic mass is 10.2. The van der Waals surface area contributed by atoms with E-state index < -0.39 is 0 Å². The molecule has 8 nitrogen and oxygen atoms in total. The van der Waals surface area contributed by atoms with Gasteiger partial charge in [-0.2, -0.15) is 0 Å². The quantitative estimate of drug-likeness (QED) is 0.427. The van der Waals surface area contributed by atoms with E-state index in [0.717, 1.165) is 33.7 Å². The fourth-order valence-corrected chi connectivity index (χ4v) is 3.67. The summed E-state index contributed by atoms with van der Waals surface area (Å²) in [6, 6.07) is 11.4. The first-order chi connectivity index (χ1) is 14.7. The number of hydrogen-bond donors (Lipinski definition) is 0. The zero-order valence-electron chi connectivity index (χ0n) is 17.0.